The molecule has 0 aromatic carbocycles. The van der Waals surface area contributed by atoms with Crippen molar-refractivity contribution in [3.05, 3.63) is 23.8 Å². The van der Waals surface area contributed by atoms with Crippen LogP contribution in [0.4, 0.5) is 4.39 Å². The second kappa shape index (κ2) is 6.28. The molecule has 0 spiro atoms. The molecule has 0 heterocycles. The summed E-state index contributed by atoms with van der Waals surface area (Å²) in [6, 6.07) is 0. The molecule has 0 N–H and O–H groups in total. The van der Waals surface area contributed by atoms with Crippen LogP contribution in [-0.2, 0) is 14.3 Å². The number of carbonyl (C=O) groups is 2. The van der Waals surface area contributed by atoms with Crippen molar-refractivity contribution in [3.8, 4) is 0 Å². The van der Waals surface area contributed by atoms with E-state index in [0.717, 1.165) is 32.1 Å². The van der Waals surface area contributed by atoms with Crippen molar-refractivity contribution >= 4 is 11.8 Å². The number of carbonyl (C=O) groups excluding carboxylic acids is 2. The highest BCUT2D eigenvalue weighted by molar-refractivity contribution is 6.01. The Morgan fingerprint density at radius 3 is 2.74 bits per heavy atom. The van der Waals surface area contributed by atoms with E-state index in [4.69, 9.17) is 4.74 Å². The summed E-state index contributed by atoms with van der Waals surface area (Å²) < 4.78 is 19.1. The number of fused-ring (bicyclic) bond motifs is 5. The molecule has 4 heteroatoms. The summed E-state index contributed by atoms with van der Waals surface area (Å²) in [7, 11) is 0. The normalized spacial score (nSPS) is 46.8. The summed E-state index contributed by atoms with van der Waals surface area (Å²) in [5, 5.41) is 0. The molecule has 3 saturated carbocycles. The van der Waals surface area contributed by atoms with Crippen molar-refractivity contribution in [2.75, 3.05) is 0 Å². The van der Waals surface area contributed by atoms with Gasteiger partial charge in [0.1, 0.15) is 6.10 Å². The van der Waals surface area contributed by atoms with Crippen molar-refractivity contribution in [1.82, 2.24) is 0 Å². The lowest BCUT2D eigenvalue weighted by molar-refractivity contribution is -0.167. The molecule has 0 saturated heterocycles. The molecule has 0 amide bonds. The topological polar surface area (TPSA) is 43.4 Å². The molecule has 3 nitrogen and oxygen atoms in total. The first-order valence-corrected chi connectivity index (χ1v) is 10.5. The van der Waals surface area contributed by atoms with Gasteiger partial charge in [0.2, 0.25) is 0 Å². The maximum Gasteiger partial charge on any atom is 0.340 e. The predicted octanol–water partition coefficient (Wildman–Crippen LogP) is 4.81. The zero-order valence-electron chi connectivity index (χ0n) is 16.8. The Bertz CT molecular complexity index is 723. The van der Waals surface area contributed by atoms with Crippen LogP contribution in [0.25, 0.3) is 0 Å². The molecular formula is C23H31FO3. The van der Waals surface area contributed by atoms with Gasteiger partial charge in [0.15, 0.2) is 12.0 Å². The first kappa shape index (κ1) is 18.9. The third kappa shape index (κ3) is 2.74. The molecule has 0 bridgehead atoms. The number of hydrogen-bond acceptors (Lipinski definition) is 3. The fourth-order valence-corrected chi connectivity index (χ4v) is 6.99. The molecule has 27 heavy (non-hydrogen) atoms. The summed E-state index contributed by atoms with van der Waals surface area (Å²) in [5.74, 6) is 1.24. The molecule has 4 aliphatic rings. The first-order valence-electron chi connectivity index (χ1n) is 10.5. The number of hydrogen-bond donors (Lipinski definition) is 0. The van der Waals surface area contributed by atoms with Gasteiger partial charge in [-0.05, 0) is 74.9 Å². The van der Waals surface area contributed by atoms with Crippen LogP contribution in [0.2, 0.25) is 0 Å². The van der Waals surface area contributed by atoms with Gasteiger partial charge in [0.25, 0.3) is 0 Å². The highest BCUT2D eigenvalue weighted by Crippen LogP contribution is 2.65. The SMILES string of the molecule is CC(F)C(=O)O[C@@H]1[C@H](C)C[C@H]2[C@@H]3CCC4=CC(=O)C=C[C@]4(C)[C@H]3CC[C@]12C. The zero-order chi connectivity index (χ0) is 19.6. The zero-order valence-corrected chi connectivity index (χ0v) is 16.8. The van der Waals surface area contributed by atoms with Crippen LogP contribution in [0.3, 0.4) is 0 Å². The van der Waals surface area contributed by atoms with Crippen LogP contribution < -0.4 is 0 Å². The van der Waals surface area contributed by atoms with Gasteiger partial charge in [-0.15, -0.1) is 0 Å². The van der Waals surface area contributed by atoms with Crippen LogP contribution in [0, 0.1) is 34.5 Å². The average Bonchev–Trinajstić information content (AvgIpc) is 2.86. The summed E-state index contributed by atoms with van der Waals surface area (Å²) in [5.41, 5.74) is 1.20. The number of ketones is 1. The van der Waals surface area contributed by atoms with E-state index in [-0.39, 0.29) is 28.6 Å². The third-order valence-corrected chi connectivity index (χ3v) is 8.35. The van der Waals surface area contributed by atoms with Gasteiger partial charge in [0, 0.05) is 10.8 Å². The molecule has 3 fully saturated rings. The molecule has 4 rings (SSSR count). The smallest absolute Gasteiger partial charge is 0.340 e. The number of alkyl halides is 1. The van der Waals surface area contributed by atoms with Gasteiger partial charge in [-0.1, -0.05) is 32.4 Å². The van der Waals surface area contributed by atoms with E-state index < -0.39 is 12.1 Å². The Kier molecular flexibility index (Phi) is 4.40. The van der Waals surface area contributed by atoms with E-state index in [9.17, 15) is 14.0 Å². The highest BCUT2D eigenvalue weighted by Gasteiger charge is 2.61. The van der Waals surface area contributed by atoms with Crippen molar-refractivity contribution in [3.63, 3.8) is 0 Å². The quantitative estimate of drug-likeness (QED) is 0.652. The van der Waals surface area contributed by atoms with Crippen molar-refractivity contribution < 1.29 is 18.7 Å². The van der Waals surface area contributed by atoms with Gasteiger partial charge < -0.3 is 4.74 Å². The molecule has 8 atom stereocenters. The standard InChI is InChI=1S/C23H31FO3/c1-13-11-19-17-6-5-15-12-16(25)7-9-22(15,3)18(17)8-10-23(19,4)20(13)27-21(26)14(2)24/h7,9,12-14,17-20H,5-6,8,10-11H2,1-4H3/t13-,14?,17-,18+,19+,20-,22+,23+/m1/s1. The lowest BCUT2D eigenvalue weighted by Crippen LogP contribution is -2.51. The van der Waals surface area contributed by atoms with E-state index in [0.29, 0.717) is 17.8 Å². The summed E-state index contributed by atoms with van der Waals surface area (Å²) >= 11 is 0. The Hall–Kier alpha value is -1.45. The molecule has 1 unspecified atom stereocenters. The highest BCUT2D eigenvalue weighted by atomic mass is 19.1. The summed E-state index contributed by atoms with van der Waals surface area (Å²) in [6.07, 6.45) is 9.14. The minimum absolute atomic E-state index is 0.0242. The number of esters is 1. The molecular weight excluding hydrogens is 343 g/mol. The van der Waals surface area contributed by atoms with E-state index >= 15 is 0 Å². The fourth-order valence-electron chi connectivity index (χ4n) is 6.99. The van der Waals surface area contributed by atoms with E-state index in [1.165, 1.54) is 12.5 Å². The maximum atomic E-state index is 13.4. The first-order chi connectivity index (χ1) is 12.7. The molecule has 0 radical (unpaired) electrons. The maximum absolute atomic E-state index is 13.4. The summed E-state index contributed by atoms with van der Waals surface area (Å²) in [4.78, 5) is 23.8. The third-order valence-electron chi connectivity index (χ3n) is 8.35. The number of ether oxygens (including phenoxy) is 1. The number of halogens is 1. The minimum Gasteiger partial charge on any atom is -0.459 e. The molecule has 0 aliphatic heterocycles. The van der Waals surface area contributed by atoms with Crippen LogP contribution in [0.15, 0.2) is 23.8 Å². The number of allylic oxidation sites excluding steroid dienone is 4. The lowest BCUT2D eigenvalue weighted by Gasteiger charge is -2.56. The predicted molar refractivity (Wildman–Crippen MR) is 102 cm³/mol. The molecule has 4 aliphatic carbocycles. The van der Waals surface area contributed by atoms with Crippen LogP contribution in [-0.4, -0.2) is 24.0 Å². The Morgan fingerprint density at radius 1 is 1.30 bits per heavy atom. The largest absolute Gasteiger partial charge is 0.459 e. The van der Waals surface area contributed by atoms with Gasteiger partial charge in [-0.2, -0.15) is 0 Å². The monoisotopic (exact) mass is 374 g/mol. The van der Waals surface area contributed by atoms with E-state index in [2.05, 4.69) is 26.8 Å². The van der Waals surface area contributed by atoms with Crippen LogP contribution in [0.5, 0.6) is 0 Å². The summed E-state index contributed by atoms with van der Waals surface area (Å²) in [6.45, 7) is 7.95. The lowest BCUT2D eigenvalue weighted by atomic mass is 9.48. The average molecular weight is 374 g/mol. The second-order valence-corrected chi connectivity index (χ2v) is 9.83. The minimum atomic E-state index is -1.57. The van der Waals surface area contributed by atoms with Gasteiger partial charge in [-0.25, -0.2) is 9.18 Å². The van der Waals surface area contributed by atoms with E-state index in [1.807, 2.05) is 6.08 Å². The Labute approximate surface area is 161 Å². The van der Waals surface area contributed by atoms with Gasteiger partial charge in [0.05, 0.1) is 0 Å². The fraction of sp³-hybridized carbons (Fsp3) is 0.739. The van der Waals surface area contributed by atoms with Crippen LogP contribution in [0.1, 0.15) is 59.8 Å². The Morgan fingerprint density at radius 2 is 2.04 bits per heavy atom. The second-order valence-electron chi connectivity index (χ2n) is 9.83. The molecule has 0 aromatic heterocycles. The van der Waals surface area contributed by atoms with Gasteiger partial charge in [-0.3, -0.25) is 4.79 Å². The molecule has 148 valence electrons. The van der Waals surface area contributed by atoms with E-state index in [1.54, 1.807) is 6.08 Å². The van der Waals surface area contributed by atoms with Gasteiger partial charge >= 0.3 is 5.97 Å². The van der Waals surface area contributed by atoms with Crippen molar-refractivity contribution in [1.29, 1.82) is 0 Å². The van der Waals surface area contributed by atoms with Crippen molar-refractivity contribution in [2.45, 2.75) is 72.1 Å². The Balaban J connectivity index is 1.62. The van der Waals surface area contributed by atoms with Crippen LogP contribution >= 0.6 is 0 Å². The molecule has 0 aromatic rings. The number of rotatable bonds is 2. The van der Waals surface area contributed by atoms with Crippen molar-refractivity contribution in [2.24, 2.45) is 34.5 Å².